The van der Waals surface area contributed by atoms with Gasteiger partial charge in [-0.05, 0) is 24.0 Å². The van der Waals surface area contributed by atoms with Crippen LogP contribution in [-0.2, 0) is 30.4 Å². The molecular weight excluding hydrogens is 484 g/mol. The van der Waals surface area contributed by atoms with Crippen LogP contribution in [0.15, 0.2) is 30.5 Å². The topological polar surface area (TPSA) is 230 Å². The molecule has 0 saturated heterocycles. The lowest BCUT2D eigenvalue weighted by Gasteiger charge is -2.27. The minimum absolute atomic E-state index is 0.149. The molecule has 202 valence electrons. The highest BCUT2D eigenvalue weighted by molar-refractivity contribution is 5.96. The Hall–Kier alpha value is -3.97. The maximum atomic E-state index is 13.0. The Morgan fingerprint density at radius 2 is 1.65 bits per heavy atom. The second-order valence-corrected chi connectivity index (χ2v) is 8.86. The maximum absolute atomic E-state index is 13.0. The zero-order valence-corrected chi connectivity index (χ0v) is 20.7. The maximum Gasteiger partial charge on any atom is 0.328 e. The standard InChI is InChI=1S/C24H34N6O7/c1-3-12(2)20(23(35)29-18(11-31)24(36)37)30-22(34)17(9-19(26)32)28-21(33)15(25)8-13-10-27-16-7-5-4-6-14(13)16/h4-7,10,12,15,17-18,20,27,31H,3,8-9,11,25H2,1-2H3,(H2,26,32)(H,28,33)(H,29,35)(H,30,34)(H,36,37). The third-order valence-corrected chi connectivity index (χ3v) is 6.08. The van der Waals surface area contributed by atoms with E-state index >= 15 is 0 Å². The van der Waals surface area contributed by atoms with Gasteiger partial charge in [-0.25, -0.2) is 4.79 Å². The Morgan fingerprint density at radius 1 is 1.00 bits per heavy atom. The van der Waals surface area contributed by atoms with Gasteiger partial charge in [0.25, 0.3) is 0 Å². The molecule has 0 aliphatic heterocycles. The molecule has 37 heavy (non-hydrogen) atoms. The second kappa shape index (κ2) is 13.4. The number of fused-ring (bicyclic) bond motifs is 1. The molecule has 10 N–H and O–H groups in total. The average Bonchev–Trinajstić information content (AvgIpc) is 3.26. The molecule has 1 aromatic carbocycles. The largest absolute Gasteiger partial charge is 0.480 e. The smallest absolute Gasteiger partial charge is 0.328 e. The fourth-order valence-corrected chi connectivity index (χ4v) is 3.72. The minimum Gasteiger partial charge on any atom is -0.480 e. The molecule has 0 saturated carbocycles. The number of amides is 4. The number of hydrogen-bond donors (Lipinski definition) is 8. The van der Waals surface area contributed by atoms with E-state index in [0.29, 0.717) is 6.42 Å². The number of nitrogens with two attached hydrogens (primary N) is 2. The van der Waals surface area contributed by atoms with E-state index in [1.54, 1.807) is 20.0 Å². The molecule has 0 bridgehead atoms. The Balaban J connectivity index is 2.14. The Labute approximate surface area is 213 Å². The van der Waals surface area contributed by atoms with Crippen LogP contribution in [0, 0.1) is 5.92 Å². The molecule has 0 radical (unpaired) electrons. The van der Waals surface area contributed by atoms with Crippen LogP contribution in [0.25, 0.3) is 10.9 Å². The highest BCUT2D eigenvalue weighted by Gasteiger charge is 2.33. The van der Waals surface area contributed by atoms with E-state index in [4.69, 9.17) is 16.6 Å². The molecule has 5 unspecified atom stereocenters. The number of hydrogen-bond acceptors (Lipinski definition) is 7. The predicted molar refractivity (Wildman–Crippen MR) is 134 cm³/mol. The number of carbonyl (C=O) groups is 5. The Kier molecular flexibility index (Phi) is 10.6. The van der Waals surface area contributed by atoms with Crippen molar-refractivity contribution in [3.05, 3.63) is 36.0 Å². The SMILES string of the molecule is CCC(C)C(NC(=O)C(CC(N)=O)NC(=O)C(N)Cc1c[nH]c2ccccc12)C(=O)NC(CO)C(=O)O. The van der Waals surface area contributed by atoms with E-state index in [1.807, 2.05) is 24.3 Å². The number of rotatable bonds is 14. The first-order chi connectivity index (χ1) is 17.5. The molecule has 0 spiro atoms. The van der Waals surface area contributed by atoms with E-state index in [9.17, 15) is 29.1 Å². The number of H-pyrrole nitrogens is 1. The van der Waals surface area contributed by atoms with Crippen molar-refractivity contribution in [2.75, 3.05) is 6.61 Å². The summed E-state index contributed by atoms with van der Waals surface area (Å²) in [7, 11) is 0. The molecule has 4 amide bonds. The molecule has 0 fully saturated rings. The summed E-state index contributed by atoms with van der Waals surface area (Å²) < 4.78 is 0. The highest BCUT2D eigenvalue weighted by Crippen LogP contribution is 2.19. The van der Waals surface area contributed by atoms with E-state index in [-0.39, 0.29) is 6.42 Å². The number of carboxylic acid groups (broad SMARTS) is 1. The van der Waals surface area contributed by atoms with Crippen molar-refractivity contribution in [2.24, 2.45) is 17.4 Å². The van der Waals surface area contributed by atoms with Gasteiger partial charge in [0.05, 0.1) is 19.1 Å². The number of primary amides is 1. The van der Waals surface area contributed by atoms with Crippen LogP contribution in [-0.4, -0.2) is 75.6 Å². The fourth-order valence-electron chi connectivity index (χ4n) is 3.72. The third-order valence-electron chi connectivity index (χ3n) is 6.08. The lowest BCUT2D eigenvalue weighted by molar-refractivity contribution is -0.143. The van der Waals surface area contributed by atoms with E-state index in [1.165, 1.54) is 0 Å². The van der Waals surface area contributed by atoms with Crippen LogP contribution in [0.5, 0.6) is 0 Å². The summed E-state index contributed by atoms with van der Waals surface area (Å²) in [6.07, 6.45) is 1.76. The summed E-state index contributed by atoms with van der Waals surface area (Å²) in [6.45, 7) is 2.55. The van der Waals surface area contributed by atoms with Crippen LogP contribution in [0.3, 0.4) is 0 Å². The van der Waals surface area contributed by atoms with Crippen LogP contribution < -0.4 is 27.4 Å². The molecule has 2 aromatic rings. The minimum atomic E-state index is -1.57. The van der Waals surface area contributed by atoms with Gasteiger partial charge in [0.15, 0.2) is 0 Å². The molecule has 13 nitrogen and oxygen atoms in total. The van der Waals surface area contributed by atoms with Gasteiger partial charge in [-0.15, -0.1) is 0 Å². The second-order valence-electron chi connectivity index (χ2n) is 8.86. The van der Waals surface area contributed by atoms with Crippen molar-refractivity contribution in [1.82, 2.24) is 20.9 Å². The van der Waals surface area contributed by atoms with Crippen molar-refractivity contribution in [3.8, 4) is 0 Å². The van der Waals surface area contributed by atoms with E-state index < -0.39 is 72.7 Å². The zero-order chi connectivity index (χ0) is 27.7. The summed E-state index contributed by atoms with van der Waals surface area (Å²) in [4.78, 5) is 64.4. The monoisotopic (exact) mass is 518 g/mol. The number of aliphatic hydroxyl groups excluding tert-OH is 1. The first-order valence-corrected chi connectivity index (χ1v) is 11.8. The van der Waals surface area contributed by atoms with Gasteiger partial charge < -0.3 is 42.6 Å². The Morgan fingerprint density at radius 3 is 2.24 bits per heavy atom. The lowest BCUT2D eigenvalue weighted by atomic mass is 9.97. The van der Waals surface area contributed by atoms with E-state index in [0.717, 1.165) is 16.5 Å². The highest BCUT2D eigenvalue weighted by atomic mass is 16.4. The number of carboxylic acids is 1. The summed E-state index contributed by atoms with van der Waals surface area (Å²) >= 11 is 0. The van der Waals surface area contributed by atoms with Crippen LogP contribution in [0.4, 0.5) is 0 Å². The summed E-state index contributed by atoms with van der Waals surface area (Å²) in [5.41, 5.74) is 13.0. The van der Waals surface area contributed by atoms with Gasteiger partial charge in [-0.1, -0.05) is 38.5 Å². The summed E-state index contributed by atoms with van der Waals surface area (Å²) in [5.74, 6) is -5.20. The third kappa shape index (κ3) is 8.02. The van der Waals surface area contributed by atoms with Crippen LogP contribution in [0.2, 0.25) is 0 Å². The molecular formula is C24H34N6O7. The van der Waals surface area contributed by atoms with Crippen LogP contribution >= 0.6 is 0 Å². The van der Waals surface area contributed by atoms with Gasteiger partial charge >= 0.3 is 5.97 Å². The zero-order valence-electron chi connectivity index (χ0n) is 20.7. The van der Waals surface area contributed by atoms with Gasteiger partial charge in [0, 0.05) is 17.1 Å². The number of para-hydroxylation sites is 1. The molecule has 1 aromatic heterocycles. The number of aliphatic hydroxyl groups is 1. The van der Waals surface area contributed by atoms with E-state index in [2.05, 4.69) is 20.9 Å². The number of benzene rings is 1. The molecule has 1 heterocycles. The van der Waals surface area contributed by atoms with Crippen molar-refractivity contribution < 1.29 is 34.2 Å². The van der Waals surface area contributed by atoms with Gasteiger partial charge in [0.1, 0.15) is 18.1 Å². The Bertz CT molecular complexity index is 1130. The quantitative estimate of drug-likeness (QED) is 0.146. The summed E-state index contributed by atoms with van der Waals surface area (Å²) in [6, 6.07) is 2.20. The number of aromatic amines is 1. The van der Waals surface area contributed by atoms with Crippen molar-refractivity contribution in [3.63, 3.8) is 0 Å². The molecule has 0 aliphatic rings. The van der Waals surface area contributed by atoms with Gasteiger partial charge in [-0.2, -0.15) is 0 Å². The molecule has 5 atom stereocenters. The normalized spacial score (nSPS) is 15.1. The number of carbonyl (C=O) groups excluding carboxylic acids is 4. The van der Waals surface area contributed by atoms with Gasteiger partial charge in [0.2, 0.25) is 23.6 Å². The first-order valence-electron chi connectivity index (χ1n) is 11.8. The van der Waals surface area contributed by atoms with Gasteiger partial charge in [-0.3, -0.25) is 19.2 Å². The van der Waals surface area contributed by atoms with Crippen molar-refractivity contribution >= 4 is 40.5 Å². The fraction of sp³-hybridized carbons (Fsp3) is 0.458. The first kappa shape index (κ1) is 29.3. The lowest BCUT2D eigenvalue weighted by Crippen LogP contribution is -2.59. The number of nitrogens with one attached hydrogen (secondary N) is 4. The average molecular weight is 519 g/mol. The predicted octanol–water partition coefficient (Wildman–Crippen LogP) is -1.51. The number of aliphatic carboxylic acids is 1. The molecule has 0 aliphatic carbocycles. The molecule has 2 rings (SSSR count). The number of aromatic nitrogens is 1. The van der Waals surface area contributed by atoms with Crippen molar-refractivity contribution in [2.45, 2.75) is 57.3 Å². The van der Waals surface area contributed by atoms with Crippen LogP contribution in [0.1, 0.15) is 32.3 Å². The molecule has 13 heteroatoms. The summed E-state index contributed by atoms with van der Waals surface area (Å²) in [5, 5.41) is 26.2. The van der Waals surface area contributed by atoms with Crippen molar-refractivity contribution in [1.29, 1.82) is 0 Å².